The molecule has 1 saturated heterocycles. The van der Waals surface area contributed by atoms with Crippen LogP contribution < -0.4 is 9.47 Å². The number of rotatable bonds is 8. The zero-order valence-corrected chi connectivity index (χ0v) is 18.6. The molecule has 0 spiro atoms. The van der Waals surface area contributed by atoms with Crippen molar-refractivity contribution < 1.29 is 28.6 Å². The van der Waals surface area contributed by atoms with Crippen LogP contribution in [0.1, 0.15) is 24.1 Å². The van der Waals surface area contributed by atoms with E-state index < -0.39 is 29.3 Å². The largest absolute Gasteiger partial charge is 0.507 e. The van der Waals surface area contributed by atoms with Gasteiger partial charge in [-0.05, 0) is 56.9 Å². The quantitative estimate of drug-likeness (QED) is 0.384. The first-order valence-electron chi connectivity index (χ1n) is 10.3. The van der Waals surface area contributed by atoms with Crippen LogP contribution in [0.3, 0.4) is 0 Å². The Balaban J connectivity index is 2.21. The monoisotopic (exact) mass is 442 g/mol. The number of nitrogens with zero attached hydrogens (tertiary/aromatic N) is 2. The SMILES string of the molecule is CCOc1cccc(C2/C(=C(\O)c3cc(F)ccc3OC)C(=O)C(=O)N2CCN(C)C)c1. The molecule has 2 aromatic carbocycles. The summed E-state index contributed by atoms with van der Waals surface area (Å²) in [6.07, 6.45) is 0. The fraction of sp³-hybridized carbons (Fsp3) is 0.333. The van der Waals surface area contributed by atoms with Gasteiger partial charge in [-0.25, -0.2) is 4.39 Å². The van der Waals surface area contributed by atoms with Crippen molar-refractivity contribution in [2.75, 3.05) is 40.9 Å². The number of ether oxygens (including phenoxy) is 2. The lowest BCUT2D eigenvalue weighted by Crippen LogP contribution is -2.35. The first-order chi connectivity index (χ1) is 15.3. The summed E-state index contributed by atoms with van der Waals surface area (Å²) in [5, 5.41) is 11.1. The van der Waals surface area contributed by atoms with E-state index in [9.17, 15) is 19.1 Å². The van der Waals surface area contributed by atoms with Gasteiger partial charge in [-0.15, -0.1) is 0 Å². The first-order valence-corrected chi connectivity index (χ1v) is 10.3. The van der Waals surface area contributed by atoms with Crippen molar-refractivity contribution in [3.8, 4) is 11.5 Å². The van der Waals surface area contributed by atoms with E-state index in [1.54, 1.807) is 24.3 Å². The van der Waals surface area contributed by atoms with Gasteiger partial charge in [0.05, 0.1) is 30.9 Å². The minimum atomic E-state index is -0.858. The maximum absolute atomic E-state index is 14.0. The smallest absolute Gasteiger partial charge is 0.295 e. The Morgan fingerprint density at radius 1 is 1.19 bits per heavy atom. The predicted molar refractivity (Wildman–Crippen MR) is 118 cm³/mol. The van der Waals surface area contributed by atoms with Crippen LogP contribution in [0.15, 0.2) is 48.0 Å². The second-order valence-electron chi connectivity index (χ2n) is 7.65. The molecule has 2 aromatic rings. The molecule has 1 heterocycles. The molecule has 0 saturated carbocycles. The van der Waals surface area contributed by atoms with E-state index in [-0.39, 0.29) is 23.4 Å². The molecule has 0 aliphatic carbocycles. The van der Waals surface area contributed by atoms with Gasteiger partial charge in [0.15, 0.2) is 0 Å². The Bertz CT molecular complexity index is 1050. The Morgan fingerprint density at radius 2 is 1.94 bits per heavy atom. The Morgan fingerprint density at radius 3 is 2.59 bits per heavy atom. The molecule has 32 heavy (non-hydrogen) atoms. The number of likely N-dealkylation sites (tertiary alicyclic amines) is 1. The average molecular weight is 442 g/mol. The fourth-order valence-corrected chi connectivity index (χ4v) is 3.72. The summed E-state index contributed by atoms with van der Waals surface area (Å²) in [5.41, 5.74) is 0.487. The van der Waals surface area contributed by atoms with E-state index >= 15 is 0 Å². The van der Waals surface area contributed by atoms with Crippen LogP contribution in [-0.4, -0.2) is 67.5 Å². The van der Waals surface area contributed by atoms with Crippen LogP contribution in [0, 0.1) is 5.82 Å². The van der Waals surface area contributed by atoms with Crippen LogP contribution in [0.4, 0.5) is 4.39 Å². The van der Waals surface area contributed by atoms with E-state index in [2.05, 4.69) is 0 Å². The molecule has 1 unspecified atom stereocenters. The van der Waals surface area contributed by atoms with Crippen LogP contribution >= 0.6 is 0 Å². The van der Waals surface area contributed by atoms with Gasteiger partial charge in [-0.1, -0.05) is 12.1 Å². The maximum Gasteiger partial charge on any atom is 0.295 e. The van der Waals surface area contributed by atoms with Crippen LogP contribution in [-0.2, 0) is 9.59 Å². The lowest BCUT2D eigenvalue weighted by atomic mass is 9.94. The summed E-state index contributed by atoms with van der Waals surface area (Å²) in [6.45, 7) is 3.08. The van der Waals surface area contributed by atoms with E-state index in [1.807, 2.05) is 25.9 Å². The predicted octanol–water partition coefficient (Wildman–Crippen LogP) is 3.22. The fourth-order valence-electron chi connectivity index (χ4n) is 3.72. The molecule has 7 nitrogen and oxygen atoms in total. The lowest BCUT2D eigenvalue weighted by Gasteiger charge is -2.27. The molecule has 3 rings (SSSR count). The highest BCUT2D eigenvalue weighted by atomic mass is 19.1. The first kappa shape index (κ1) is 23.3. The number of carbonyl (C=O) groups is 2. The van der Waals surface area contributed by atoms with Gasteiger partial charge in [0.25, 0.3) is 11.7 Å². The van der Waals surface area contributed by atoms with Gasteiger partial charge in [0.1, 0.15) is 23.1 Å². The Hall–Kier alpha value is -3.39. The highest BCUT2D eigenvalue weighted by molar-refractivity contribution is 6.46. The number of methoxy groups -OCH3 is 1. The number of ketones is 1. The summed E-state index contributed by atoms with van der Waals surface area (Å²) in [7, 11) is 5.10. The molecule has 0 bridgehead atoms. The van der Waals surface area contributed by atoms with Crippen molar-refractivity contribution >= 4 is 17.4 Å². The highest BCUT2D eigenvalue weighted by Crippen LogP contribution is 2.41. The zero-order valence-electron chi connectivity index (χ0n) is 18.6. The standard InChI is InChI=1S/C24H27FN2O5/c1-5-32-17-8-6-7-15(13-17)21-20(23(29)24(30)27(21)12-11-26(2)3)22(28)18-14-16(25)9-10-19(18)31-4/h6-10,13-14,21,28H,5,11-12H2,1-4H3/b22-20+. The normalized spacial score (nSPS) is 17.8. The van der Waals surface area contributed by atoms with E-state index in [0.717, 1.165) is 6.07 Å². The van der Waals surface area contributed by atoms with Gasteiger partial charge in [0.2, 0.25) is 0 Å². The van der Waals surface area contributed by atoms with Crippen molar-refractivity contribution in [1.82, 2.24) is 9.80 Å². The maximum atomic E-state index is 14.0. The molecule has 1 aliphatic heterocycles. The summed E-state index contributed by atoms with van der Waals surface area (Å²) < 4.78 is 24.8. The molecule has 0 aromatic heterocycles. The number of hydrogen-bond donors (Lipinski definition) is 1. The van der Waals surface area contributed by atoms with Crippen LogP contribution in [0.2, 0.25) is 0 Å². The highest BCUT2D eigenvalue weighted by Gasteiger charge is 2.46. The van der Waals surface area contributed by atoms with Gasteiger partial charge >= 0.3 is 0 Å². The van der Waals surface area contributed by atoms with Crippen molar-refractivity contribution in [2.24, 2.45) is 0 Å². The van der Waals surface area contributed by atoms with Gasteiger partial charge in [-0.2, -0.15) is 0 Å². The third kappa shape index (κ3) is 4.60. The summed E-state index contributed by atoms with van der Waals surface area (Å²) in [4.78, 5) is 29.3. The van der Waals surface area contributed by atoms with Crippen molar-refractivity contribution in [1.29, 1.82) is 0 Å². The Labute approximate surface area is 186 Å². The van der Waals surface area contributed by atoms with Crippen molar-refractivity contribution in [3.05, 3.63) is 65.0 Å². The molecule has 1 aliphatic rings. The Kier molecular flexibility index (Phi) is 7.15. The molecular formula is C24H27FN2O5. The molecule has 1 fully saturated rings. The van der Waals surface area contributed by atoms with Gasteiger partial charge < -0.3 is 24.4 Å². The number of halogens is 1. The van der Waals surface area contributed by atoms with Crippen molar-refractivity contribution in [2.45, 2.75) is 13.0 Å². The topological polar surface area (TPSA) is 79.3 Å². The summed E-state index contributed by atoms with van der Waals surface area (Å²) in [5.74, 6) is -1.89. The number of carbonyl (C=O) groups excluding carboxylic acids is 2. The summed E-state index contributed by atoms with van der Waals surface area (Å²) >= 11 is 0. The average Bonchev–Trinajstić information content (AvgIpc) is 3.02. The molecule has 8 heteroatoms. The lowest BCUT2D eigenvalue weighted by molar-refractivity contribution is -0.140. The van der Waals surface area contributed by atoms with E-state index in [1.165, 1.54) is 24.1 Å². The minimum Gasteiger partial charge on any atom is -0.507 e. The molecular weight excluding hydrogens is 415 g/mol. The third-order valence-electron chi connectivity index (χ3n) is 5.23. The van der Waals surface area contributed by atoms with Crippen LogP contribution in [0.25, 0.3) is 5.76 Å². The zero-order chi connectivity index (χ0) is 23.4. The second kappa shape index (κ2) is 9.82. The number of aliphatic hydroxyl groups excluding tert-OH is 1. The number of benzene rings is 2. The number of amides is 1. The van der Waals surface area contributed by atoms with E-state index in [0.29, 0.717) is 24.5 Å². The number of Topliss-reactive ketones (excluding diaryl/α,β-unsaturated/α-hetero) is 1. The number of aliphatic hydroxyl groups is 1. The third-order valence-corrected chi connectivity index (χ3v) is 5.23. The van der Waals surface area contributed by atoms with Crippen molar-refractivity contribution in [3.63, 3.8) is 0 Å². The second-order valence-corrected chi connectivity index (χ2v) is 7.65. The minimum absolute atomic E-state index is 0.00377. The van der Waals surface area contributed by atoms with Crippen LogP contribution in [0.5, 0.6) is 11.5 Å². The van der Waals surface area contributed by atoms with Gasteiger partial charge in [0, 0.05) is 13.1 Å². The van der Waals surface area contributed by atoms with E-state index in [4.69, 9.17) is 9.47 Å². The molecule has 0 radical (unpaired) electrons. The molecule has 1 N–H and O–H groups in total. The summed E-state index contributed by atoms with van der Waals surface area (Å²) in [6, 6.07) is 9.80. The molecule has 1 amide bonds. The molecule has 170 valence electrons. The number of likely N-dealkylation sites (N-methyl/N-ethyl adjacent to an activating group) is 1. The van der Waals surface area contributed by atoms with Gasteiger partial charge in [-0.3, -0.25) is 9.59 Å². The molecule has 1 atom stereocenters. The number of hydrogen-bond acceptors (Lipinski definition) is 6.